The second kappa shape index (κ2) is 8.62. The van der Waals surface area contributed by atoms with E-state index in [1.165, 1.54) is 13.0 Å². The van der Waals surface area contributed by atoms with Gasteiger partial charge in [-0.05, 0) is 25.0 Å². The Hall–Kier alpha value is -2.96. The van der Waals surface area contributed by atoms with Crippen LogP contribution in [-0.4, -0.2) is 47.3 Å². The second-order valence-corrected chi connectivity index (χ2v) is 6.47. The molecule has 1 heterocycles. The maximum Gasteiger partial charge on any atom is 0.330 e. The molecule has 1 aliphatic rings. The number of nitrogens with zero attached hydrogens (tertiary/aromatic N) is 1. The van der Waals surface area contributed by atoms with Gasteiger partial charge in [-0.2, -0.15) is 0 Å². The van der Waals surface area contributed by atoms with E-state index in [9.17, 15) is 19.2 Å². The highest BCUT2D eigenvalue weighted by Gasteiger charge is 2.45. The highest BCUT2D eigenvalue weighted by Crippen LogP contribution is 2.28. The van der Waals surface area contributed by atoms with Crippen LogP contribution < -0.4 is 5.32 Å². The van der Waals surface area contributed by atoms with Crippen LogP contribution in [0.25, 0.3) is 0 Å². The molecule has 3 amide bonds. The van der Waals surface area contributed by atoms with Crippen LogP contribution in [0.4, 0.5) is 0 Å². The van der Waals surface area contributed by atoms with E-state index in [4.69, 9.17) is 4.74 Å². The zero-order valence-electron chi connectivity index (χ0n) is 15.7. The fourth-order valence-corrected chi connectivity index (χ4v) is 2.89. The normalized spacial score (nSPS) is 16.3. The zero-order chi connectivity index (χ0) is 20.1. The number of benzene rings is 1. The molecule has 0 radical (unpaired) electrons. The molecule has 0 saturated carbocycles. The number of hydrogen-bond acceptors (Lipinski definition) is 5. The van der Waals surface area contributed by atoms with E-state index < -0.39 is 35.8 Å². The van der Waals surface area contributed by atoms with Crippen LogP contribution in [0.2, 0.25) is 0 Å². The Labute approximate surface area is 158 Å². The Bertz CT molecular complexity index is 738. The molecule has 144 valence electrons. The summed E-state index contributed by atoms with van der Waals surface area (Å²) in [6, 6.07) is 5.34. The molecule has 1 aromatic rings. The second-order valence-electron chi connectivity index (χ2n) is 6.47. The summed E-state index contributed by atoms with van der Waals surface area (Å²) in [5.41, 5.74) is 0.528. The van der Waals surface area contributed by atoms with Crippen molar-refractivity contribution in [1.82, 2.24) is 10.2 Å². The Morgan fingerprint density at radius 2 is 1.74 bits per heavy atom. The molecular weight excluding hydrogens is 348 g/mol. The molecule has 2 rings (SSSR count). The summed E-state index contributed by atoms with van der Waals surface area (Å²) in [6.07, 6.45) is 0.997. The smallest absolute Gasteiger partial charge is 0.330 e. The number of imide groups is 1. The lowest BCUT2D eigenvalue weighted by Crippen LogP contribution is -2.50. The third-order valence-electron chi connectivity index (χ3n) is 4.61. The van der Waals surface area contributed by atoms with Crippen molar-refractivity contribution in [1.29, 1.82) is 0 Å². The summed E-state index contributed by atoms with van der Waals surface area (Å²) in [5, 5.41) is 2.54. The topological polar surface area (TPSA) is 92.8 Å². The number of carbonyl (C=O) groups is 4. The molecule has 3 atom stereocenters. The Balaban J connectivity index is 2.25. The first kappa shape index (κ1) is 20.4. The molecular formula is C20H24N2O5. The Morgan fingerprint density at radius 1 is 1.19 bits per heavy atom. The molecule has 7 nitrogen and oxygen atoms in total. The van der Waals surface area contributed by atoms with Crippen molar-refractivity contribution >= 4 is 23.7 Å². The SMILES string of the molecule is C=CCNC(=O)[C@@H](C)OC(=O)[C@H]([C@@H](C)CC)N1C(=O)c2ccccc2C1=O. The number of fused-ring (bicyclic) bond motifs is 1. The average molecular weight is 372 g/mol. The molecule has 7 heteroatoms. The lowest BCUT2D eigenvalue weighted by Gasteiger charge is -2.29. The van der Waals surface area contributed by atoms with Gasteiger partial charge in [-0.25, -0.2) is 4.79 Å². The number of amides is 3. The molecule has 0 saturated heterocycles. The van der Waals surface area contributed by atoms with Gasteiger partial charge in [0.05, 0.1) is 11.1 Å². The molecule has 0 unspecified atom stereocenters. The molecule has 0 spiro atoms. The van der Waals surface area contributed by atoms with Gasteiger partial charge in [0.25, 0.3) is 17.7 Å². The highest BCUT2D eigenvalue weighted by atomic mass is 16.5. The van der Waals surface area contributed by atoms with Crippen molar-refractivity contribution in [2.75, 3.05) is 6.54 Å². The van der Waals surface area contributed by atoms with E-state index in [2.05, 4.69) is 11.9 Å². The van der Waals surface area contributed by atoms with Gasteiger partial charge >= 0.3 is 5.97 Å². The van der Waals surface area contributed by atoms with Crippen LogP contribution in [0.1, 0.15) is 47.9 Å². The Morgan fingerprint density at radius 3 is 2.22 bits per heavy atom. The van der Waals surface area contributed by atoms with Crippen molar-refractivity contribution in [3.63, 3.8) is 0 Å². The van der Waals surface area contributed by atoms with Crippen molar-refractivity contribution in [2.24, 2.45) is 5.92 Å². The fraction of sp³-hybridized carbons (Fsp3) is 0.400. The van der Waals surface area contributed by atoms with Crippen LogP contribution in [-0.2, 0) is 14.3 Å². The van der Waals surface area contributed by atoms with Crippen molar-refractivity contribution in [2.45, 2.75) is 39.3 Å². The third kappa shape index (κ3) is 4.07. The summed E-state index contributed by atoms with van der Waals surface area (Å²) in [5.74, 6) is -2.64. The van der Waals surface area contributed by atoms with E-state index in [0.717, 1.165) is 4.90 Å². The first-order valence-corrected chi connectivity index (χ1v) is 8.89. The van der Waals surface area contributed by atoms with E-state index in [0.29, 0.717) is 6.42 Å². The monoisotopic (exact) mass is 372 g/mol. The van der Waals surface area contributed by atoms with Gasteiger partial charge in [0.15, 0.2) is 6.10 Å². The summed E-state index contributed by atoms with van der Waals surface area (Å²) < 4.78 is 5.27. The number of nitrogens with one attached hydrogen (secondary N) is 1. The van der Waals surface area contributed by atoms with Gasteiger partial charge in [-0.3, -0.25) is 19.3 Å². The van der Waals surface area contributed by atoms with Gasteiger partial charge < -0.3 is 10.1 Å². The number of hydrogen-bond donors (Lipinski definition) is 1. The molecule has 1 aliphatic heterocycles. The zero-order valence-corrected chi connectivity index (χ0v) is 15.7. The van der Waals surface area contributed by atoms with Gasteiger partial charge in [-0.15, -0.1) is 6.58 Å². The van der Waals surface area contributed by atoms with Crippen LogP contribution >= 0.6 is 0 Å². The predicted molar refractivity (Wildman–Crippen MR) is 98.9 cm³/mol. The summed E-state index contributed by atoms with van der Waals surface area (Å²) >= 11 is 0. The van der Waals surface area contributed by atoms with Crippen LogP contribution in [0.5, 0.6) is 0 Å². The number of rotatable bonds is 8. The molecule has 0 aromatic heterocycles. The van der Waals surface area contributed by atoms with Crippen LogP contribution in [0, 0.1) is 5.92 Å². The Kier molecular flexibility index (Phi) is 6.50. The quantitative estimate of drug-likeness (QED) is 0.428. The van der Waals surface area contributed by atoms with Crippen molar-refractivity contribution in [3.8, 4) is 0 Å². The minimum absolute atomic E-state index is 0.244. The molecule has 0 fully saturated rings. The maximum absolute atomic E-state index is 12.8. The first-order valence-electron chi connectivity index (χ1n) is 8.89. The van der Waals surface area contributed by atoms with E-state index >= 15 is 0 Å². The number of carbonyl (C=O) groups excluding carboxylic acids is 4. The predicted octanol–water partition coefficient (Wildman–Crippen LogP) is 1.93. The summed E-state index contributed by atoms with van der Waals surface area (Å²) in [7, 11) is 0. The van der Waals surface area contributed by atoms with Gasteiger partial charge in [0.2, 0.25) is 0 Å². The van der Waals surface area contributed by atoms with Crippen LogP contribution in [0.15, 0.2) is 36.9 Å². The molecule has 0 aliphatic carbocycles. The summed E-state index contributed by atoms with van der Waals surface area (Å²) in [6.45, 7) is 8.79. The minimum Gasteiger partial charge on any atom is -0.451 e. The first-order chi connectivity index (χ1) is 12.8. The lowest BCUT2D eigenvalue weighted by molar-refractivity contribution is -0.159. The van der Waals surface area contributed by atoms with E-state index in [1.807, 2.05) is 6.92 Å². The lowest BCUT2D eigenvalue weighted by atomic mass is 9.97. The van der Waals surface area contributed by atoms with Crippen LogP contribution in [0.3, 0.4) is 0 Å². The highest BCUT2D eigenvalue weighted by molar-refractivity contribution is 6.22. The van der Waals surface area contributed by atoms with E-state index in [-0.39, 0.29) is 23.6 Å². The molecule has 0 bridgehead atoms. The third-order valence-corrected chi connectivity index (χ3v) is 4.61. The average Bonchev–Trinajstić information content (AvgIpc) is 2.91. The van der Waals surface area contributed by atoms with Gasteiger partial charge in [0, 0.05) is 6.54 Å². The molecule has 1 N–H and O–H groups in total. The fourth-order valence-electron chi connectivity index (χ4n) is 2.89. The summed E-state index contributed by atoms with van der Waals surface area (Å²) in [4.78, 5) is 51.2. The van der Waals surface area contributed by atoms with Crippen molar-refractivity contribution in [3.05, 3.63) is 48.0 Å². The molecule has 1 aromatic carbocycles. The number of ether oxygens (including phenoxy) is 1. The maximum atomic E-state index is 12.8. The van der Waals surface area contributed by atoms with E-state index in [1.54, 1.807) is 31.2 Å². The van der Waals surface area contributed by atoms with Crippen molar-refractivity contribution < 1.29 is 23.9 Å². The minimum atomic E-state index is -1.10. The largest absolute Gasteiger partial charge is 0.451 e. The van der Waals surface area contributed by atoms with Gasteiger partial charge in [0.1, 0.15) is 6.04 Å². The number of esters is 1. The standard InChI is InChI=1S/C20H24N2O5/c1-5-11-21-17(23)13(4)27-20(26)16(12(3)6-2)22-18(24)14-9-7-8-10-15(14)19(22)25/h5,7-10,12-13,16H,1,6,11H2,2-4H3,(H,21,23)/t12-,13+,16-/m0/s1. The molecule has 27 heavy (non-hydrogen) atoms. The van der Waals surface area contributed by atoms with Gasteiger partial charge in [-0.1, -0.05) is 38.5 Å².